The van der Waals surface area contributed by atoms with Crippen LogP contribution in [0.4, 0.5) is 5.82 Å². The molecule has 1 saturated heterocycles. The maximum atomic E-state index is 5.87. The quantitative estimate of drug-likeness (QED) is 0.785. The molecule has 2 heterocycles. The number of halogens is 1. The Morgan fingerprint density at radius 3 is 2.94 bits per heavy atom. The molecule has 1 atom stereocenters. The van der Waals surface area contributed by atoms with Crippen LogP contribution in [0.15, 0.2) is 18.2 Å². The Balaban J connectivity index is 2.22. The lowest BCUT2D eigenvalue weighted by Crippen LogP contribution is -2.40. The Hall–Kier alpha value is -0.800. The molecule has 0 bridgehead atoms. The van der Waals surface area contributed by atoms with Crippen molar-refractivity contribution < 1.29 is 0 Å². The predicted molar refractivity (Wildman–Crippen MR) is 77.3 cm³/mol. The van der Waals surface area contributed by atoms with E-state index in [9.17, 15) is 0 Å². The van der Waals surface area contributed by atoms with Crippen molar-refractivity contribution in [2.75, 3.05) is 31.6 Å². The maximum absolute atomic E-state index is 5.87. The lowest BCUT2D eigenvalue weighted by molar-refractivity contribution is 0.327. The molecule has 0 saturated carbocycles. The number of likely N-dealkylation sites (N-methyl/N-ethyl adjacent to an activating group) is 1. The smallest absolute Gasteiger partial charge is 0.129 e. The average molecular weight is 268 g/mol. The number of nitrogens with zero attached hydrogens (tertiary/aromatic N) is 3. The number of aromatic nitrogens is 1. The van der Waals surface area contributed by atoms with Crippen molar-refractivity contribution in [2.24, 2.45) is 0 Å². The third-order valence-corrected chi connectivity index (χ3v) is 3.87. The third kappa shape index (κ3) is 3.15. The van der Waals surface area contributed by atoms with Crippen molar-refractivity contribution in [2.45, 2.75) is 31.7 Å². The maximum Gasteiger partial charge on any atom is 0.129 e. The highest BCUT2D eigenvalue weighted by Gasteiger charge is 2.22. The van der Waals surface area contributed by atoms with Gasteiger partial charge in [-0.25, -0.2) is 4.98 Å². The van der Waals surface area contributed by atoms with Gasteiger partial charge in [0.05, 0.1) is 11.6 Å². The van der Waals surface area contributed by atoms with E-state index in [1.54, 1.807) is 0 Å². The number of anilines is 1. The van der Waals surface area contributed by atoms with Gasteiger partial charge in [-0.2, -0.15) is 0 Å². The van der Waals surface area contributed by atoms with Gasteiger partial charge in [-0.3, -0.25) is 0 Å². The second-order valence-corrected chi connectivity index (χ2v) is 5.26. The molecule has 100 valence electrons. The van der Waals surface area contributed by atoms with Crippen LogP contribution in [0.25, 0.3) is 0 Å². The Labute approximate surface area is 115 Å². The van der Waals surface area contributed by atoms with E-state index in [2.05, 4.69) is 40.9 Å². The fourth-order valence-corrected chi connectivity index (χ4v) is 2.74. The van der Waals surface area contributed by atoms with E-state index < -0.39 is 0 Å². The minimum absolute atomic E-state index is 0.484. The van der Waals surface area contributed by atoms with Gasteiger partial charge in [0.1, 0.15) is 5.82 Å². The molecular weight excluding hydrogens is 246 g/mol. The van der Waals surface area contributed by atoms with Gasteiger partial charge in [-0.15, -0.1) is 11.6 Å². The van der Waals surface area contributed by atoms with Crippen LogP contribution >= 0.6 is 11.6 Å². The second kappa shape index (κ2) is 6.39. The molecule has 0 aliphatic carbocycles. The van der Waals surface area contributed by atoms with E-state index in [1.165, 1.54) is 13.0 Å². The fourth-order valence-electron chi connectivity index (χ4n) is 2.60. The van der Waals surface area contributed by atoms with Crippen LogP contribution in [0, 0.1) is 0 Å². The highest BCUT2D eigenvalue weighted by Crippen LogP contribution is 2.20. The third-order valence-electron chi connectivity index (χ3n) is 3.60. The molecule has 1 aliphatic rings. The normalized spacial score (nSPS) is 21.9. The summed E-state index contributed by atoms with van der Waals surface area (Å²) in [6.45, 7) is 5.62. The standard InChI is InChI=1S/C14H22ClN3/c1-3-13-11-17(2)8-5-9-18(13)14-7-4-6-12(10-15)16-14/h4,6-7,13H,3,5,8-11H2,1-2H3. The van der Waals surface area contributed by atoms with E-state index in [0.717, 1.165) is 31.0 Å². The van der Waals surface area contributed by atoms with Gasteiger partial charge in [0.15, 0.2) is 0 Å². The Morgan fingerprint density at radius 2 is 2.22 bits per heavy atom. The number of hydrogen-bond donors (Lipinski definition) is 0. The summed E-state index contributed by atoms with van der Waals surface area (Å²) in [5, 5.41) is 0. The molecule has 1 aliphatic heterocycles. The number of rotatable bonds is 3. The summed E-state index contributed by atoms with van der Waals surface area (Å²) in [5.74, 6) is 1.56. The Kier molecular flexibility index (Phi) is 4.84. The van der Waals surface area contributed by atoms with Gasteiger partial charge < -0.3 is 9.80 Å². The van der Waals surface area contributed by atoms with Crippen LogP contribution < -0.4 is 4.90 Å². The zero-order valence-corrected chi connectivity index (χ0v) is 12.0. The van der Waals surface area contributed by atoms with Gasteiger partial charge in [0.25, 0.3) is 0 Å². The van der Waals surface area contributed by atoms with E-state index >= 15 is 0 Å². The topological polar surface area (TPSA) is 19.4 Å². The van der Waals surface area contributed by atoms with E-state index in [0.29, 0.717) is 11.9 Å². The predicted octanol–water partition coefficient (Wildman–Crippen LogP) is 2.74. The first kappa shape index (κ1) is 13.6. The molecule has 18 heavy (non-hydrogen) atoms. The Bertz CT molecular complexity index is 383. The van der Waals surface area contributed by atoms with Crippen LogP contribution in [-0.2, 0) is 5.88 Å². The van der Waals surface area contributed by atoms with Crippen molar-refractivity contribution in [3.63, 3.8) is 0 Å². The molecule has 0 spiro atoms. The van der Waals surface area contributed by atoms with Crippen LogP contribution in [0.2, 0.25) is 0 Å². The van der Waals surface area contributed by atoms with Crippen molar-refractivity contribution in [1.29, 1.82) is 0 Å². The highest BCUT2D eigenvalue weighted by molar-refractivity contribution is 6.16. The zero-order chi connectivity index (χ0) is 13.0. The molecular formula is C14H22ClN3. The summed E-state index contributed by atoms with van der Waals surface area (Å²) in [6.07, 6.45) is 2.34. The van der Waals surface area contributed by atoms with Gasteiger partial charge in [-0.1, -0.05) is 13.0 Å². The van der Waals surface area contributed by atoms with Gasteiger partial charge >= 0.3 is 0 Å². The first-order valence-corrected chi connectivity index (χ1v) is 7.25. The molecule has 1 aromatic rings. The minimum Gasteiger partial charge on any atom is -0.352 e. The molecule has 2 rings (SSSR count). The van der Waals surface area contributed by atoms with E-state index in [-0.39, 0.29) is 0 Å². The molecule has 1 fully saturated rings. The van der Waals surface area contributed by atoms with Gasteiger partial charge in [-0.05, 0) is 38.6 Å². The molecule has 0 aromatic carbocycles. The first-order chi connectivity index (χ1) is 8.74. The molecule has 1 aromatic heterocycles. The number of pyridine rings is 1. The van der Waals surface area contributed by atoms with Crippen LogP contribution in [-0.4, -0.2) is 42.6 Å². The molecule has 4 heteroatoms. The summed E-state index contributed by atoms with van der Waals surface area (Å²) >= 11 is 5.87. The fraction of sp³-hybridized carbons (Fsp3) is 0.643. The largest absolute Gasteiger partial charge is 0.352 e. The summed E-state index contributed by atoms with van der Waals surface area (Å²) in [6, 6.07) is 6.70. The molecule has 3 nitrogen and oxygen atoms in total. The number of hydrogen-bond acceptors (Lipinski definition) is 3. The molecule has 0 amide bonds. The molecule has 1 unspecified atom stereocenters. The minimum atomic E-state index is 0.484. The second-order valence-electron chi connectivity index (χ2n) is 4.99. The summed E-state index contributed by atoms with van der Waals surface area (Å²) in [4.78, 5) is 9.52. The van der Waals surface area contributed by atoms with Crippen molar-refractivity contribution >= 4 is 17.4 Å². The summed E-state index contributed by atoms with van der Waals surface area (Å²) < 4.78 is 0. The van der Waals surface area contributed by atoms with Crippen LogP contribution in [0.1, 0.15) is 25.5 Å². The lowest BCUT2D eigenvalue weighted by Gasteiger charge is -2.31. The zero-order valence-electron chi connectivity index (χ0n) is 11.3. The SMILES string of the molecule is CCC1CN(C)CCCN1c1cccc(CCl)n1. The van der Waals surface area contributed by atoms with Crippen molar-refractivity contribution in [1.82, 2.24) is 9.88 Å². The van der Waals surface area contributed by atoms with Gasteiger partial charge in [0.2, 0.25) is 0 Å². The Morgan fingerprint density at radius 1 is 1.39 bits per heavy atom. The first-order valence-electron chi connectivity index (χ1n) is 6.71. The van der Waals surface area contributed by atoms with Crippen LogP contribution in [0.3, 0.4) is 0 Å². The van der Waals surface area contributed by atoms with E-state index in [4.69, 9.17) is 11.6 Å². The van der Waals surface area contributed by atoms with Gasteiger partial charge in [0, 0.05) is 19.1 Å². The lowest BCUT2D eigenvalue weighted by atomic mass is 10.2. The van der Waals surface area contributed by atoms with E-state index in [1.807, 2.05) is 6.07 Å². The highest BCUT2D eigenvalue weighted by atomic mass is 35.5. The molecule has 0 N–H and O–H groups in total. The monoisotopic (exact) mass is 267 g/mol. The summed E-state index contributed by atoms with van der Waals surface area (Å²) in [7, 11) is 2.20. The average Bonchev–Trinajstić information content (AvgIpc) is 2.60. The van der Waals surface area contributed by atoms with Crippen molar-refractivity contribution in [3.8, 4) is 0 Å². The number of alkyl halides is 1. The summed E-state index contributed by atoms with van der Waals surface area (Å²) in [5.41, 5.74) is 0.960. The van der Waals surface area contributed by atoms with Crippen LogP contribution in [0.5, 0.6) is 0 Å². The molecule has 0 radical (unpaired) electrons. The van der Waals surface area contributed by atoms with Crippen molar-refractivity contribution in [3.05, 3.63) is 23.9 Å².